The number of fused-ring (bicyclic) bond motifs is 1. The number of nitrogens with zero attached hydrogens (tertiary/aromatic N) is 4. The van der Waals surface area contributed by atoms with Gasteiger partial charge in [0.05, 0.1) is 22.9 Å². The molecule has 11 heteroatoms. The summed E-state index contributed by atoms with van der Waals surface area (Å²) in [5, 5.41) is 5.61. The van der Waals surface area contributed by atoms with Crippen molar-refractivity contribution in [2.75, 3.05) is 23.3 Å². The molecule has 0 aliphatic carbocycles. The molecule has 31 heavy (non-hydrogen) atoms. The molecule has 1 aromatic heterocycles. The largest absolute Gasteiger partial charge is 0.367 e. The van der Waals surface area contributed by atoms with Crippen LogP contribution in [0.3, 0.4) is 0 Å². The van der Waals surface area contributed by atoms with Crippen LogP contribution in [0.15, 0.2) is 30.5 Å². The molecular weight excluding hydrogens is 424 g/mol. The minimum atomic E-state index is -0.980. The minimum absolute atomic E-state index is 0.0836. The Morgan fingerprint density at radius 1 is 1.10 bits per heavy atom. The van der Waals surface area contributed by atoms with Crippen molar-refractivity contribution < 1.29 is 19.2 Å². The molecule has 2 aromatic rings. The Bertz CT molecular complexity index is 1130. The van der Waals surface area contributed by atoms with Crippen molar-refractivity contribution >= 4 is 46.7 Å². The lowest BCUT2D eigenvalue weighted by Gasteiger charge is -2.42. The van der Waals surface area contributed by atoms with Crippen LogP contribution in [0.4, 0.5) is 11.5 Å². The monoisotopic (exact) mass is 440 g/mol. The van der Waals surface area contributed by atoms with Crippen LogP contribution in [0.1, 0.15) is 33.6 Å². The summed E-state index contributed by atoms with van der Waals surface area (Å²) < 4.78 is 0. The third-order valence-electron chi connectivity index (χ3n) is 5.65. The lowest BCUT2D eigenvalue weighted by Crippen LogP contribution is -2.56. The van der Waals surface area contributed by atoms with Crippen LogP contribution in [0, 0.1) is 0 Å². The summed E-state index contributed by atoms with van der Waals surface area (Å²) in [7, 11) is 0. The molecule has 2 N–H and O–H groups in total. The maximum absolute atomic E-state index is 13.2. The Morgan fingerprint density at radius 2 is 1.90 bits per heavy atom. The number of amides is 4. The van der Waals surface area contributed by atoms with Gasteiger partial charge in [-0.3, -0.25) is 29.4 Å². The molecule has 2 fully saturated rings. The number of hydrogen-bond donors (Lipinski definition) is 2. The van der Waals surface area contributed by atoms with Crippen LogP contribution >= 0.6 is 11.6 Å². The molecule has 1 atom stereocenters. The molecule has 10 nitrogen and oxygen atoms in total. The van der Waals surface area contributed by atoms with E-state index in [1.54, 1.807) is 30.5 Å². The Hall–Kier alpha value is -3.53. The van der Waals surface area contributed by atoms with Crippen molar-refractivity contribution in [2.45, 2.75) is 24.9 Å². The Balaban J connectivity index is 1.34. The molecule has 5 rings (SSSR count). The van der Waals surface area contributed by atoms with Crippen molar-refractivity contribution in [2.24, 2.45) is 0 Å². The van der Waals surface area contributed by atoms with Crippen molar-refractivity contribution in [3.05, 3.63) is 46.9 Å². The second-order valence-corrected chi connectivity index (χ2v) is 7.94. The average Bonchev–Trinajstić information content (AvgIpc) is 2.96. The summed E-state index contributed by atoms with van der Waals surface area (Å²) in [6, 6.07) is 5.91. The number of anilines is 2. The molecule has 1 unspecified atom stereocenters. The molecule has 0 bridgehead atoms. The first kappa shape index (κ1) is 19.4. The number of carbonyl (C=O) groups is 4. The first-order valence-corrected chi connectivity index (χ1v) is 10.1. The number of aromatic nitrogens is 2. The summed E-state index contributed by atoms with van der Waals surface area (Å²) in [5.41, 5.74) is 1.20. The molecule has 0 saturated carbocycles. The van der Waals surface area contributed by atoms with Gasteiger partial charge in [-0.1, -0.05) is 6.07 Å². The van der Waals surface area contributed by atoms with E-state index in [0.717, 1.165) is 4.90 Å². The number of halogens is 1. The summed E-state index contributed by atoms with van der Waals surface area (Å²) >= 11 is 5.81. The first-order chi connectivity index (χ1) is 14.9. The van der Waals surface area contributed by atoms with Crippen LogP contribution in [0.25, 0.3) is 0 Å². The van der Waals surface area contributed by atoms with Crippen molar-refractivity contribution in [3.8, 4) is 0 Å². The van der Waals surface area contributed by atoms with Gasteiger partial charge in [0.1, 0.15) is 11.9 Å². The van der Waals surface area contributed by atoms with E-state index in [0.29, 0.717) is 30.2 Å². The molecule has 2 saturated heterocycles. The predicted octanol–water partition coefficient (Wildman–Crippen LogP) is 0.832. The fraction of sp³-hybridized carbons (Fsp3) is 0.300. The van der Waals surface area contributed by atoms with Crippen LogP contribution in [0.5, 0.6) is 0 Å². The zero-order chi connectivity index (χ0) is 21.7. The standard InChI is InChI=1S/C20H17ClN6O4/c21-20-22-7-6-14(24-20)23-10-8-26(9-10)12-3-1-2-11-16(12)19(31)27(18(11)30)13-4-5-15(28)25-17(13)29/h1-3,6-7,10,13H,4-5,8-9H2,(H,22,23,24)(H,25,28,29). The van der Waals surface area contributed by atoms with Gasteiger partial charge in [-0.25, -0.2) is 9.97 Å². The number of nitrogens with one attached hydrogen (secondary N) is 2. The summed E-state index contributed by atoms with van der Waals surface area (Å²) in [6.45, 7) is 1.19. The molecule has 1 aromatic carbocycles. The van der Waals surface area contributed by atoms with Crippen molar-refractivity contribution in [1.29, 1.82) is 0 Å². The van der Waals surface area contributed by atoms with Crippen LogP contribution in [-0.2, 0) is 9.59 Å². The zero-order valence-electron chi connectivity index (χ0n) is 16.2. The fourth-order valence-corrected chi connectivity index (χ4v) is 4.30. The van der Waals surface area contributed by atoms with E-state index in [4.69, 9.17) is 11.6 Å². The van der Waals surface area contributed by atoms with Gasteiger partial charge in [-0.2, -0.15) is 0 Å². The van der Waals surface area contributed by atoms with E-state index < -0.39 is 29.7 Å². The SMILES string of the molecule is O=C1CCC(N2C(=O)c3cccc(N4CC(Nc5ccnc(Cl)n5)C4)c3C2=O)C(=O)N1. The third-order valence-corrected chi connectivity index (χ3v) is 5.83. The van der Waals surface area contributed by atoms with E-state index >= 15 is 0 Å². The number of rotatable bonds is 4. The topological polar surface area (TPSA) is 125 Å². The molecule has 158 valence electrons. The van der Waals surface area contributed by atoms with Gasteiger partial charge in [0.15, 0.2) is 0 Å². The first-order valence-electron chi connectivity index (χ1n) is 9.77. The van der Waals surface area contributed by atoms with Crippen molar-refractivity contribution in [1.82, 2.24) is 20.2 Å². The van der Waals surface area contributed by atoms with E-state index in [2.05, 4.69) is 20.6 Å². The van der Waals surface area contributed by atoms with Gasteiger partial charge in [-0.05, 0) is 36.2 Å². The molecule has 0 spiro atoms. The number of piperidine rings is 1. The Labute approximate surface area is 181 Å². The molecule has 4 heterocycles. The van der Waals surface area contributed by atoms with Gasteiger partial charge in [-0.15, -0.1) is 0 Å². The molecular formula is C20H17ClN6O4. The Morgan fingerprint density at radius 3 is 2.65 bits per heavy atom. The highest BCUT2D eigenvalue weighted by molar-refractivity contribution is 6.28. The second kappa shape index (κ2) is 7.31. The molecule has 4 amide bonds. The van der Waals surface area contributed by atoms with Crippen LogP contribution < -0.4 is 15.5 Å². The minimum Gasteiger partial charge on any atom is -0.367 e. The maximum Gasteiger partial charge on any atom is 0.264 e. The van der Waals surface area contributed by atoms with Gasteiger partial charge < -0.3 is 10.2 Å². The normalized spacial score (nSPS) is 21.1. The molecule has 0 radical (unpaired) electrons. The lowest BCUT2D eigenvalue weighted by atomic mass is 10.0. The highest BCUT2D eigenvalue weighted by atomic mass is 35.5. The van der Waals surface area contributed by atoms with Gasteiger partial charge in [0, 0.05) is 25.7 Å². The lowest BCUT2D eigenvalue weighted by molar-refractivity contribution is -0.136. The number of carbonyl (C=O) groups excluding carboxylic acids is 4. The third kappa shape index (κ3) is 3.28. The number of hydrogen-bond acceptors (Lipinski definition) is 8. The number of benzene rings is 1. The van der Waals surface area contributed by atoms with Crippen LogP contribution in [-0.4, -0.2) is 63.7 Å². The van der Waals surface area contributed by atoms with E-state index in [9.17, 15) is 19.2 Å². The second-order valence-electron chi connectivity index (χ2n) is 7.60. The zero-order valence-corrected chi connectivity index (χ0v) is 16.9. The van der Waals surface area contributed by atoms with E-state index in [1.807, 2.05) is 4.90 Å². The van der Waals surface area contributed by atoms with E-state index in [-0.39, 0.29) is 29.7 Å². The summed E-state index contributed by atoms with van der Waals surface area (Å²) in [5.74, 6) is -1.43. The van der Waals surface area contributed by atoms with E-state index in [1.165, 1.54) is 0 Å². The summed E-state index contributed by atoms with van der Waals surface area (Å²) in [6.07, 6.45) is 1.78. The maximum atomic E-state index is 13.2. The van der Waals surface area contributed by atoms with Crippen molar-refractivity contribution in [3.63, 3.8) is 0 Å². The highest BCUT2D eigenvalue weighted by Gasteiger charge is 2.46. The summed E-state index contributed by atoms with van der Waals surface area (Å²) in [4.78, 5) is 60.7. The van der Waals surface area contributed by atoms with Crippen LogP contribution in [0.2, 0.25) is 5.28 Å². The smallest absolute Gasteiger partial charge is 0.264 e. The number of imide groups is 2. The van der Waals surface area contributed by atoms with Gasteiger partial charge >= 0.3 is 0 Å². The molecule has 3 aliphatic heterocycles. The average molecular weight is 441 g/mol. The molecule has 3 aliphatic rings. The van der Waals surface area contributed by atoms with Gasteiger partial charge in [0.2, 0.25) is 17.1 Å². The predicted molar refractivity (Wildman–Crippen MR) is 110 cm³/mol. The van der Waals surface area contributed by atoms with Gasteiger partial charge in [0.25, 0.3) is 11.8 Å². The Kier molecular flexibility index (Phi) is 4.58. The quantitative estimate of drug-likeness (QED) is 0.529. The fourth-order valence-electron chi connectivity index (χ4n) is 4.15. The highest BCUT2D eigenvalue weighted by Crippen LogP contribution is 2.36.